The van der Waals surface area contributed by atoms with Gasteiger partial charge < -0.3 is 10.5 Å². The molecule has 4 nitrogen and oxygen atoms in total. The molecule has 0 saturated heterocycles. The average molecular weight is 221 g/mol. The molecule has 0 aliphatic heterocycles. The van der Waals surface area contributed by atoms with E-state index in [9.17, 15) is 4.39 Å². The number of nitrogens with two attached hydrogens (primary N) is 1. The van der Waals surface area contributed by atoms with Gasteiger partial charge in [0.25, 0.3) is 0 Å². The molecule has 0 amide bonds. The molecule has 0 atom stereocenters. The fourth-order valence-electron chi connectivity index (χ4n) is 1.41. The second-order valence-electron chi connectivity index (χ2n) is 3.27. The van der Waals surface area contributed by atoms with E-state index in [0.29, 0.717) is 24.1 Å². The highest BCUT2D eigenvalue weighted by Crippen LogP contribution is 2.22. The van der Waals surface area contributed by atoms with Crippen LogP contribution >= 0.6 is 0 Å². The smallest absolute Gasteiger partial charge is 0.303 e. The molecular formula is C11H12FN3O. The number of halogens is 1. The number of hydrogen-bond donors (Lipinski definition) is 1. The van der Waals surface area contributed by atoms with Crippen LogP contribution in [0.5, 0.6) is 11.8 Å². The molecule has 1 aromatic heterocycles. The zero-order valence-electron chi connectivity index (χ0n) is 8.85. The molecule has 0 aliphatic carbocycles. The quantitative estimate of drug-likeness (QED) is 0.865. The highest BCUT2D eigenvalue weighted by Gasteiger charge is 2.08. The Hall–Kier alpha value is -2.04. The van der Waals surface area contributed by atoms with Gasteiger partial charge in [0.1, 0.15) is 17.4 Å². The highest BCUT2D eigenvalue weighted by molar-refractivity contribution is 5.33. The van der Waals surface area contributed by atoms with Crippen LogP contribution in [0.1, 0.15) is 6.92 Å². The third kappa shape index (κ3) is 1.98. The number of rotatable bonds is 3. The van der Waals surface area contributed by atoms with Crippen LogP contribution < -0.4 is 10.5 Å². The number of anilines is 1. The lowest BCUT2D eigenvalue weighted by Gasteiger charge is -2.07. The largest absolute Gasteiger partial charge is 0.425 e. The Morgan fingerprint density at radius 3 is 3.00 bits per heavy atom. The Bertz CT molecular complexity index is 496. The van der Waals surface area contributed by atoms with Crippen molar-refractivity contribution in [2.45, 2.75) is 13.5 Å². The summed E-state index contributed by atoms with van der Waals surface area (Å²) in [4.78, 5) is 4.00. The van der Waals surface area contributed by atoms with Gasteiger partial charge in [-0.25, -0.2) is 9.37 Å². The first-order valence-corrected chi connectivity index (χ1v) is 4.95. The van der Waals surface area contributed by atoms with Crippen molar-refractivity contribution >= 4 is 5.82 Å². The van der Waals surface area contributed by atoms with Gasteiger partial charge in [0.15, 0.2) is 0 Å². The summed E-state index contributed by atoms with van der Waals surface area (Å²) in [6.45, 7) is 2.58. The van der Waals surface area contributed by atoms with Crippen LogP contribution in [-0.4, -0.2) is 9.55 Å². The van der Waals surface area contributed by atoms with E-state index in [0.717, 1.165) is 0 Å². The monoisotopic (exact) mass is 221 g/mol. The van der Waals surface area contributed by atoms with Gasteiger partial charge in [-0.2, -0.15) is 0 Å². The number of nitrogens with zero attached hydrogens (tertiary/aromatic N) is 2. The molecule has 16 heavy (non-hydrogen) atoms. The third-order valence-corrected chi connectivity index (χ3v) is 2.17. The number of nitrogen functional groups attached to an aromatic ring is 1. The number of hydrogen-bond acceptors (Lipinski definition) is 3. The Labute approximate surface area is 92.5 Å². The maximum Gasteiger partial charge on any atom is 0.303 e. The van der Waals surface area contributed by atoms with E-state index < -0.39 is 0 Å². The molecule has 0 bridgehead atoms. The first-order chi connectivity index (χ1) is 7.70. The van der Waals surface area contributed by atoms with Crippen molar-refractivity contribution in [3.63, 3.8) is 0 Å². The second kappa shape index (κ2) is 4.22. The maximum atomic E-state index is 12.9. The molecule has 0 spiro atoms. The minimum atomic E-state index is -0.347. The minimum absolute atomic E-state index is 0.347. The second-order valence-corrected chi connectivity index (χ2v) is 3.27. The van der Waals surface area contributed by atoms with Crippen molar-refractivity contribution in [2.75, 3.05) is 5.73 Å². The molecule has 0 saturated carbocycles. The lowest BCUT2D eigenvalue weighted by molar-refractivity contribution is 0.414. The van der Waals surface area contributed by atoms with Gasteiger partial charge >= 0.3 is 6.01 Å². The van der Waals surface area contributed by atoms with Crippen molar-refractivity contribution in [1.82, 2.24) is 9.55 Å². The Kier molecular flexibility index (Phi) is 2.76. The van der Waals surface area contributed by atoms with Crippen LogP contribution in [0.25, 0.3) is 0 Å². The van der Waals surface area contributed by atoms with Crippen molar-refractivity contribution in [3.05, 3.63) is 36.3 Å². The average Bonchev–Trinajstić information content (AvgIpc) is 2.59. The zero-order chi connectivity index (χ0) is 11.5. The molecule has 2 N–H and O–H groups in total. The molecule has 2 aromatic rings. The Balaban J connectivity index is 2.27. The molecule has 0 aliphatic rings. The molecule has 0 fully saturated rings. The first kappa shape index (κ1) is 10.5. The SMILES string of the molecule is CCn1c(N)cnc1Oc1cccc(F)c1. The van der Waals surface area contributed by atoms with E-state index in [1.54, 1.807) is 16.7 Å². The van der Waals surface area contributed by atoms with Gasteiger partial charge in [-0.05, 0) is 19.1 Å². The van der Waals surface area contributed by atoms with Crippen LogP contribution in [-0.2, 0) is 6.54 Å². The summed E-state index contributed by atoms with van der Waals surface area (Å²) in [5, 5.41) is 0. The van der Waals surface area contributed by atoms with Gasteiger partial charge in [-0.3, -0.25) is 4.57 Å². The van der Waals surface area contributed by atoms with Crippen LogP contribution in [0.3, 0.4) is 0 Å². The summed E-state index contributed by atoms with van der Waals surface area (Å²) in [6.07, 6.45) is 1.51. The fourth-order valence-corrected chi connectivity index (χ4v) is 1.41. The van der Waals surface area contributed by atoms with Crippen molar-refractivity contribution in [3.8, 4) is 11.8 Å². The summed E-state index contributed by atoms with van der Waals surface area (Å²) < 4.78 is 20.1. The molecule has 1 aromatic carbocycles. The summed E-state index contributed by atoms with van der Waals surface area (Å²) >= 11 is 0. The van der Waals surface area contributed by atoms with Crippen LogP contribution in [0.4, 0.5) is 10.2 Å². The Morgan fingerprint density at radius 1 is 1.50 bits per heavy atom. The van der Waals surface area contributed by atoms with E-state index in [-0.39, 0.29) is 5.82 Å². The predicted molar refractivity (Wildman–Crippen MR) is 58.8 cm³/mol. The molecule has 0 unspecified atom stereocenters. The van der Waals surface area contributed by atoms with Crippen molar-refractivity contribution in [1.29, 1.82) is 0 Å². The maximum absolute atomic E-state index is 12.9. The van der Waals surface area contributed by atoms with E-state index in [1.807, 2.05) is 6.92 Å². The van der Waals surface area contributed by atoms with Crippen LogP contribution in [0, 0.1) is 5.82 Å². The summed E-state index contributed by atoms with van der Waals surface area (Å²) in [6, 6.07) is 6.25. The molecule has 84 valence electrons. The summed E-state index contributed by atoms with van der Waals surface area (Å²) in [5.41, 5.74) is 5.68. The van der Waals surface area contributed by atoms with Crippen LogP contribution in [0.2, 0.25) is 0 Å². The van der Waals surface area contributed by atoms with Crippen molar-refractivity contribution < 1.29 is 9.13 Å². The molecule has 2 rings (SSSR count). The van der Waals surface area contributed by atoms with Gasteiger partial charge in [-0.1, -0.05) is 6.07 Å². The topological polar surface area (TPSA) is 53.1 Å². The number of aromatic nitrogens is 2. The van der Waals surface area contributed by atoms with Crippen molar-refractivity contribution in [2.24, 2.45) is 0 Å². The van der Waals surface area contributed by atoms with Gasteiger partial charge in [0, 0.05) is 12.6 Å². The molecule has 0 radical (unpaired) electrons. The highest BCUT2D eigenvalue weighted by atomic mass is 19.1. The molecular weight excluding hydrogens is 209 g/mol. The van der Waals surface area contributed by atoms with E-state index in [1.165, 1.54) is 18.3 Å². The summed E-state index contributed by atoms with van der Waals surface area (Å²) in [7, 11) is 0. The number of benzene rings is 1. The first-order valence-electron chi connectivity index (χ1n) is 4.95. The number of ether oxygens (including phenoxy) is 1. The van der Waals surface area contributed by atoms with Crippen LogP contribution in [0.15, 0.2) is 30.5 Å². The van der Waals surface area contributed by atoms with E-state index in [4.69, 9.17) is 10.5 Å². The van der Waals surface area contributed by atoms with E-state index in [2.05, 4.69) is 4.98 Å². The standard InChI is InChI=1S/C11H12FN3O/c1-2-15-10(13)7-14-11(15)16-9-5-3-4-8(12)6-9/h3-7H,2,13H2,1H3. The minimum Gasteiger partial charge on any atom is -0.425 e. The fraction of sp³-hybridized carbons (Fsp3) is 0.182. The summed E-state index contributed by atoms with van der Waals surface area (Å²) in [5.74, 6) is 0.578. The predicted octanol–water partition coefficient (Wildman–Crippen LogP) is 2.42. The Morgan fingerprint density at radius 2 is 2.31 bits per heavy atom. The van der Waals surface area contributed by atoms with Gasteiger partial charge in [0.2, 0.25) is 0 Å². The third-order valence-electron chi connectivity index (χ3n) is 2.17. The van der Waals surface area contributed by atoms with Gasteiger partial charge in [-0.15, -0.1) is 0 Å². The van der Waals surface area contributed by atoms with Gasteiger partial charge in [0.05, 0.1) is 6.20 Å². The lowest BCUT2D eigenvalue weighted by atomic mass is 10.3. The zero-order valence-corrected chi connectivity index (χ0v) is 8.85. The molecule has 5 heteroatoms. The van der Waals surface area contributed by atoms with E-state index >= 15 is 0 Å². The number of imidazole rings is 1. The molecule has 1 heterocycles. The lowest BCUT2D eigenvalue weighted by Crippen LogP contribution is -2.02. The normalized spacial score (nSPS) is 10.4.